The molecule has 1 heterocycles. The Kier molecular flexibility index (Phi) is 5.36. The Balaban J connectivity index is 1.89. The molecule has 21 heavy (non-hydrogen) atoms. The summed E-state index contributed by atoms with van der Waals surface area (Å²) in [5.74, 6) is -1.04. The number of rotatable bonds is 4. The molecule has 0 unspecified atom stereocenters. The molecule has 0 aliphatic carbocycles. The van der Waals surface area contributed by atoms with Crippen molar-refractivity contribution in [3.63, 3.8) is 0 Å². The minimum absolute atomic E-state index is 0.0230. The third kappa shape index (κ3) is 4.28. The van der Waals surface area contributed by atoms with Crippen molar-refractivity contribution in [2.75, 3.05) is 19.7 Å². The van der Waals surface area contributed by atoms with E-state index >= 15 is 0 Å². The number of morpholine rings is 1. The molecule has 114 valence electrons. The van der Waals surface area contributed by atoms with E-state index in [1.54, 1.807) is 4.90 Å². The first-order valence-electron chi connectivity index (χ1n) is 6.84. The number of carboxylic acid groups (broad SMARTS) is 1. The van der Waals surface area contributed by atoms with Crippen LogP contribution in [0.5, 0.6) is 0 Å². The SMILES string of the molecule is Cc1cc(CCC(=O)N2CCO[C@H](C(=O)O)C2)ccc1Br. The van der Waals surface area contributed by atoms with Crippen molar-refractivity contribution < 1.29 is 19.4 Å². The maximum atomic E-state index is 12.2. The molecule has 0 bridgehead atoms. The summed E-state index contributed by atoms with van der Waals surface area (Å²) >= 11 is 3.45. The summed E-state index contributed by atoms with van der Waals surface area (Å²) in [6.07, 6.45) is 0.132. The van der Waals surface area contributed by atoms with E-state index in [1.807, 2.05) is 19.1 Å². The second-order valence-corrected chi connectivity index (χ2v) is 5.98. The second-order valence-electron chi connectivity index (χ2n) is 5.12. The van der Waals surface area contributed by atoms with Crippen LogP contribution < -0.4 is 0 Å². The zero-order valence-corrected chi connectivity index (χ0v) is 13.4. The molecule has 0 aromatic heterocycles. The Morgan fingerprint density at radius 2 is 2.24 bits per heavy atom. The number of aliphatic carboxylic acids is 1. The Labute approximate surface area is 132 Å². The summed E-state index contributed by atoms with van der Waals surface area (Å²) in [5, 5.41) is 8.93. The molecule has 1 aromatic rings. The fourth-order valence-corrected chi connectivity index (χ4v) is 2.54. The first-order valence-corrected chi connectivity index (χ1v) is 7.64. The predicted molar refractivity (Wildman–Crippen MR) is 81.2 cm³/mol. The third-order valence-corrected chi connectivity index (χ3v) is 4.43. The van der Waals surface area contributed by atoms with Gasteiger partial charge in [-0.3, -0.25) is 4.79 Å². The minimum Gasteiger partial charge on any atom is -0.479 e. The predicted octanol–water partition coefficient (Wildman–Crippen LogP) is 2.00. The van der Waals surface area contributed by atoms with Crippen LogP contribution in [0, 0.1) is 6.92 Å². The molecule has 1 aliphatic heterocycles. The lowest BCUT2D eigenvalue weighted by Gasteiger charge is -2.31. The molecule has 1 amide bonds. The van der Waals surface area contributed by atoms with Gasteiger partial charge in [-0.05, 0) is 30.5 Å². The van der Waals surface area contributed by atoms with Crippen molar-refractivity contribution in [2.24, 2.45) is 0 Å². The van der Waals surface area contributed by atoms with Crippen molar-refractivity contribution in [1.29, 1.82) is 0 Å². The van der Waals surface area contributed by atoms with Gasteiger partial charge in [0, 0.05) is 17.4 Å². The van der Waals surface area contributed by atoms with Crippen LogP contribution in [0.3, 0.4) is 0 Å². The summed E-state index contributed by atoms with van der Waals surface area (Å²) in [7, 11) is 0. The number of nitrogens with zero attached hydrogens (tertiary/aromatic N) is 1. The second kappa shape index (κ2) is 7.04. The Morgan fingerprint density at radius 1 is 1.48 bits per heavy atom. The molecule has 0 spiro atoms. The molecule has 1 aromatic carbocycles. The van der Waals surface area contributed by atoms with Crippen LogP contribution in [0.2, 0.25) is 0 Å². The van der Waals surface area contributed by atoms with E-state index in [1.165, 1.54) is 0 Å². The molecule has 0 saturated carbocycles. The average Bonchev–Trinajstić information content (AvgIpc) is 2.48. The van der Waals surface area contributed by atoms with Gasteiger partial charge >= 0.3 is 5.97 Å². The van der Waals surface area contributed by atoms with Crippen LogP contribution in [0.25, 0.3) is 0 Å². The molecule has 1 fully saturated rings. The topological polar surface area (TPSA) is 66.8 Å². The van der Waals surface area contributed by atoms with Crippen LogP contribution >= 0.6 is 15.9 Å². The molecule has 1 N–H and O–H groups in total. The van der Waals surface area contributed by atoms with Crippen LogP contribution in [0.4, 0.5) is 0 Å². The van der Waals surface area contributed by atoms with Crippen molar-refractivity contribution in [3.05, 3.63) is 33.8 Å². The van der Waals surface area contributed by atoms with Gasteiger partial charge in [-0.2, -0.15) is 0 Å². The van der Waals surface area contributed by atoms with Crippen molar-refractivity contribution in [2.45, 2.75) is 25.9 Å². The van der Waals surface area contributed by atoms with E-state index in [2.05, 4.69) is 22.0 Å². The van der Waals surface area contributed by atoms with E-state index in [4.69, 9.17) is 9.84 Å². The number of benzene rings is 1. The number of aryl methyl sites for hydroxylation is 2. The maximum Gasteiger partial charge on any atom is 0.334 e. The number of hydrogen-bond donors (Lipinski definition) is 1. The van der Waals surface area contributed by atoms with Gasteiger partial charge in [0.25, 0.3) is 0 Å². The van der Waals surface area contributed by atoms with Crippen LogP contribution in [-0.2, 0) is 20.7 Å². The number of ether oxygens (including phenoxy) is 1. The molecular formula is C15H18BrNO4. The van der Waals surface area contributed by atoms with Gasteiger partial charge in [-0.15, -0.1) is 0 Å². The van der Waals surface area contributed by atoms with E-state index in [9.17, 15) is 9.59 Å². The fourth-order valence-electron chi connectivity index (χ4n) is 2.30. The Hall–Kier alpha value is -1.40. The molecule has 6 heteroatoms. The third-order valence-electron chi connectivity index (χ3n) is 3.54. The summed E-state index contributed by atoms with van der Waals surface area (Å²) in [6, 6.07) is 6.02. The summed E-state index contributed by atoms with van der Waals surface area (Å²) < 4.78 is 6.16. The number of carboxylic acids is 1. The summed E-state index contributed by atoms with van der Waals surface area (Å²) in [6.45, 7) is 2.88. The maximum absolute atomic E-state index is 12.2. The molecular weight excluding hydrogens is 338 g/mol. The number of carbonyl (C=O) groups is 2. The minimum atomic E-state index is -1.02. The standard InChI is InChI=1S/C15H18BrNO4/c1-10-8-11(2-4-12(10)16)3-5-14(18)17-6-7-21-13(9-17)15(19)20/h2,4,8,13H,3,5-7,9H2,1H3,(H,19,20)/t13-/m0/s1. The van der Waals surface area contributed by atoms with Crippen molar-refractivity contribution in [1.82, 2.24) is 4.90 Å². The highest BCUT2D eigenvalue weighted by Gasteiger charge is 2.28. The van der Waals surface area contributed by atoms with E-state index in [0.29, 0.717) is 19.4 Å². The average molecular weight is 356 g/mol. The molecule has 0 radical (unpaired) electrons. The van der Waals surface area contributed by atoms with Gasteiger partial charge in [-0.1, -0.05) is 28.1 Å². The smallest absolute Gasteiger partial charge is 0.334 e. The van der Waals surface area contributed by atoms with Crippen LogP contribution in [0.1, 0.15) is 17.5 Å². The van der Waals surface area contributed by atoms with Gasteiger partial charge < -0.3 is 14.7 Å². The van der Waals surface area contributed by atoms with Gasteiger partial charge in [-0.25, -0.2) is 4.79 Å². The molecule has 5 nitrogen and oxygen atoms in total. The first kappa shape index (κ1) is 16.0. The van der Waals surface area contributed by atoms with E-state index in [-0.39, 0.29) is 19.1 Å². The monoisotopic (exact) mass is 355 g/mol. The van der Waals surface area contributed by atoms with E-state index in [0.717, 1.165) is 15.6 Å². The number of carbonyl (C=O) groups excluding carboxylic acids is 1. The molecule has 1 aliphatic rings. The van der Waals surface area contributed by atoms with Gasteiger partial charge in [0.2, 0.25) is 5.91 Å². The lowest BCUT2D eigenvalue weighted by atomic mass is 10.1. The van der Waals surface area contributed by atoms with Crippen molar-refractivity contribution >= 4 is 27.8 Å². The zero-order chi connectivity index (χ0) is 15.4. The van der Waals surface area contributed by atoms with Gasteiger partial charge in [0.15, 0.2) is 6.10 Å². The van der Waals surface area contributed by atoms with E-state index < -0.39 is 12.1 Å². The quantitative estimate of drug-likeness (QED) is 0.896. The van der Waals surface area contributed by atoms with Crippen LogP contribution in [-0.4, -0.2) is 47.7 Å². The Morgan fingerprint density at radius 3 is 2.90 bits per heavy atom. The zero-order valence-electron chi connectivity index (χ0n) is 11.8. The lowest BCUT2D eigenvalue weighted by molar-refractivity contribution is -0.159. The highest BCUT2D eigenvalue weighted by atomic mass is 79.9. The fraction of sp³-hybridized carbons (Fsp3) is 0.467. The number of halogens is 1. The molecule has 1 saturated heterocycles. The van der Waals surface area contributed by atoms with Gasteiger partial charge in [0.05, 0.1) is 13.2 Å². The highest BCUT2D eigenvalue weighted by molar-refractivity contribution is 9.10. The summed E-state index contributed by atoms with van der Waals surface area (Å²) in [5.41, 5.74) is 2.24. The normalized spacial score (nSPS) is 18.6. The molecule has 1 atom stereocenters. The number of hydrogen-bond acceptors (Lipinski definition) is 3. The molecule has 2 rings (SSSR count). The van der Waals surface area contributed by atoms with Crippen molar-refractivity contribution in [3.8, 4) is 0 Å². The number of amides is 1. The highest BCUT2D eigenvalue weighted by Crippen LogP contribution is 2.18. The first-order chi connectivity index (χ1) is 9.97. The van der Waals surface area contributed by atoms with Gasteiger partial charge in [0.1, 0.15) is 0 Å². The lowest BCUT2D eigenvalue weighted by Crippen LogP contribution is -2.48. The Bertz CT molecular complexity index is 546. The largest absolute Gasteiger partial charge is 0.479 e. The summed E-state index contributed by atoms with van der Waals surface area (Å²) in [4.78, 5) is 24.6. The van der Waals surface area contributed by atoms with Crippen LogP contribution in [0.15, 0.2) is 22.7 Å².